The van der Waals surface area contributed by atoms with E-state index in [1.54, 1.807) is 0 Å². The fourth-order valence-corrected chi connectivity index (χ4v) is 6.98. The Morgan fingerprint density at radius 2 is 1.72 bits per heavy atom. The predicted octanol–water partition coefficient (Wildman–Crippen LogP) is 7.86. The number of hydrogen-bond donors (Lipinski definition) is 1. The first kappa shape index (κ1) is 31.8. The Hall–Kier alpha value is -3.76. The summed E-state index contributed by atoms with van der Waals surface area (Å²) >= 11 is 0. The van der Waals surface area contributed by atoms with E-state index in [1.807, 2.05) is 31.9 Å². The Balaban J connectivity index is 1.18. The Morgan fingerprint density at radius 1 is 1.00 bits per heavy atom. The third-order valence-corrected chi connectivity index (χ3v) is 10.6. The van der Waals surface area contributed by atoms with E-state index < -0.39 is 23.9 Å². The van der Waals surface area contributed by atoms with Gasteiger partial charge in [-0.2, -0.15) is 0 Å². The van der Waals surface area contributed by atoms with Crippen LogP contribution in [0.4, 0.5) is 4.79 Å². The number of carbonyl (C=O) groups excluding carboxylic acids is 1. The molecule has 0 bridgehead atoms. The van der Waals surface area contributed by atoms with Gasteiger partial charge in [-0.05, 0) is 103 Å². The third kappa shape index (κ3) is 5.53. The molecule has 0 saturated carbocycles. The number of H-pyrrole nitrogens is 1. The van der Waals surface area contributed by atoms with Gasteiger partial charge < -0.3 is 28.3 Å². The molecule has 0 spiro atoms. The van der Waals surface area contributed by atoms with E-state index in [0.29, 0.717) is 18.4 Å². The first-order valence-electron chi connectivity index (χ1n) is 16.9. The van der Waals surface area contributed by atoms with Gasteiger partial charge in [0.25, 0.3) is 0 Å². The van der Waals surface area contributed by atoms with Crippen molar-refractivity contribution in [2.24, 2.45) is 11.8 Å². The summed E-state index contributed by atoms with van der Waals surface area (Å²) in [6.07, 6.45) is 2.18. The van der Waals surface area contributed by atoms with Crippen LogP contribution in [0.3, 0.4) is 0 Å². The summed E-state index contributed by atoms with van der Waals surface area (Å²) in [7, 11) is -0.416. The minimum atomic E-state index is -0.566. The zero-order valence-corrected chi connectivity index (χ0v) is 29.3. The summed E-state index contributed by atoms with van der Waals surface area (Å²) in [5, 5.41) is 1.11. The van der Waals surface area contributed by atoms with E-state index in [2.05, 4.69) is 100 Å². The highest BCUT2D eigenvalue weighted by atomic mass is 16.7. The van der Waals surface area contributed by atoms with Gasteiger partial charge in [0.05, 0.1) is 40.3 Å². The zero-order valence-electron chi connectivity index (χ0n) is 29.3. The van der Waals surface area contributed by atoms with Crippen molar-refractivity contribution in [1.82, 2.24) is 19.4 Å². The molecule has 4 aromatic rings. The van der Waals surface area contributed by atoms with Gasteiger partial charge in [-0.1, -0.05) is 32.0 Å². The topological polar surface area (TPSA) is 90.8 Å². The SMILES string of the molecule is CC1C[C@@H](c2ncc(-c3ccc4c(c3)OC(C)n3c-4cc4cc(B5OC(C)(C)C(C)(C)O5)ccc43)[nH]2)N(C(=O)OC(C)(C)C)C[C@@H]1C. The number of likely N-dealkylation sites (tertiary alicyclic amines) is 1. The lowest BCUT2D eigenvalue weighted by molar-refractivity contribution is -0.00518. The van der Waals surface area contributed by atoms with Gasteiger partial charge in [-0.25, -0.2) is 9.78 Å². The monoisotopic (exact) mass is 638 g/mol. The van der Waals surface area contributed by atoms with Crippen molar-refractivity contribution in [3.05, 3.63) is 54.5 Å². The number of hydrogen-bond acceptors (Lipinski definition) is 6. The molecule has 248 valence electrons. The summed E-state index contributed by atoms with van der Waals surface area (Å²) in [5.74, 6) is 2.42. The van der Waals surface area contributed by atoms with Crippen LogP contribution >= 0.6 is 0 Å². The lowest BCUT2D eigenvalue weighted by atomic mass is 9.78. The molecule has 5 heterocycles. The van der Waals surface area contributed by atoms with E-state index in [-0.39, 0.29) is 18.4 Å². The molecule has 2 saturated heterocycles. The molecule has 10 heteroatoms. The number of nitrogens with zero attached hydrogens (tertiary/aromatic N) is 3. The van der Waals surface area contributed by atoms with Gasteiger partial charge in [-0.3, -0.25) is 4.90 Å². The van der Waals surface area contributed by atoms with Crippen LogP contribution in [0.15, 0.2) is 48.7 Å². The summed E-state index contributed by atoms with van der Waals surface area (Å²) in [6, 6.07) is 14.7. The van der Waals surface area contributed by atoms with Crippen molar-refractivity contribution in [2.45, 2.75) is 105 Å². The Kier molecular flexibility index (Phi) is 7.37. The van der Waals surface area contributed by atoms with Crippen molar-refractivity contribution >= 4 is 29.6 Å². The minimum Gasteiger partial charge on any atom is -0.470 e. The normalized spacial score (nSPS) is 25.0. The molecule has 7 rings (SSSR count). The summed E-state index contributed by atoms with van der Waals surface area (Å²) < 4.78 is 27.2. The van der Waals surface area contributed by atoms with Crippen LogP contribution in [0.25, 0.3) is 33.4 Å². The van der Waals surface area contributed by atoms with Crippen molar-refractivity contribution in [3.8, 4) is 28.3 Å². The van der Waals surface area contributed by atoms with Crippen LogP contribution < -0.4 is 10.2 Å². The second kappa shape index (κ2) is 10.9. The maximum atomic E-state index is 13.3. The van der Waals surface area contributed by atoms with Gasteiger partial charge in [0, 0.05) is 23.1 Å². The summed E-state index contributed by atoms with van der Waals surface area (Å²) in [5.41, 5.74) is 4.75. The molecule has 1 N–H and O–H groups in total. The number of carbonyl (C=O) groups is 1. The van der Waals surface area contributed by atoms with E-state index in [1.165, 1.54) is 0 Å². The first-order valence-corrected chi connectivity index (χ1v) is 16.9. The largest absolute Gasteiger partial charge is 0.494 e. The quantitative estimate of drug-likeness (QED) is 0.230. The average molecular weight is 639 g/mol. The van der Waals surface area contributed by atoms with E-state index in [4.69, 9.17) is 23.8 Å². The lowest BCUT2D eigenvalue weighted by Gasteiger charge is -2.41. The van der Waals surface area contributed by atoms with Crippen LogP contribution in [0.1, 0.15) is 93.8 Å². The number of ether oxygens (including phenoxy) is 2. The molecule has 0 aliphatic carbocycles. The Labute approximate surface area is 278 Å². The van der Waals surface area contributed by atoms with Crippen LogP contribution in [0, 0.1) is 11.8 Å². The van der Waals surface area contributed by atoms with Crippen molar-refractivity contribution in [3.63, 3.8) is 0 Å². The molecule has 3 aliphatic rings. The molecule has 3 aliphatic heterocycles. The summed E-state index contributed by atoms with van der Waals surface area (Å²) in [4.78, 5) is 23.4. The number of imidazole rings is 1. The highest BCUT2D eigenvalue weighted by Crippen LogP contribution is 2.44. The number of amides is 1. The first-order chi connectivity index (χ1) is 22.0. The van der Waals surface area contributed by atoms with Crippen molar-refractivity contribution < 1.29 is 23.6 Å². The highest BCUT2D eigenvalue weighted by Gasteiger charge is 2.51. The number of fused-ring (bicyclic) bond motifs is 5. The van der Waals surface area contributed by atoms with Crippen molar-refractivity contribution in [2.75, 3.05) is 6.54 Å². The van der Waals surface area contributed by atoms with Gasteiger partial charge in [0.2, 0.25) is 0 Å². The molecular formula is C37H47BN4O5. The number of benzene rings is 2. The summed E-state index contributed by atoms with van der Waals surface area (Å²) in [6.45, 7) is 21.2. The van der Waals surface area contributed by atoms with Crippen LogP contribution in [-0.4, -0.2) is 56.0 Å². The molecule has 47 heavy (non-hydrogen) atoms. The van der Waals surface area contributed by atoms with Gasteiger partial charge >= 0.3 is 13.2 Å². The Morgan fingerprint density at radius 3 is 2.43 bits per heavy atom. The number of piperidine rings is 1. The smallest absolute Gasteiger partial charge is 0.470 e. The van der Waals surface area contributed by atoms with E-state index in [0.717, 1.165) is 56.9 Å². The molecule has 2 fully saturated rings. The zero-order chi connectivity index (χ0) is 33.6. The molecule has 4 atom stereocenters. The van der Waals surface area contributed by atoms with Crippen LogP contribution in [0.5, 0.6) is 5.75 Å². The number of aromatic nitrogens is 3. The van der Waals surface area contributed by atoms with E-state index in [9.17, 15) is 4.79 Å². The second-order valence-corrected chi connectivity index (χ2v) is 15.8. The maximum absolute atomic E-state index is 13.3. The number of nitrogens with one attached hydrogen (secondary N) is 1. The molecule has 2 unspecified atom stereocenters. The molecule has 9 nitrogen and oxygen atoms in total. The van der Waals surface area contributed by atoms with Crippen LogP contribution in [0.2, 0.25) is 0 Å². The number of aromatic amines is 1. The lowest BCUT2D eigenvalue weighted by Crippen LogP contribution is -2.46. The number of rotatable bonds is 3. The minimum absolute atomic E-state index is 0.184. The predicted molar refractivity (Wildman–Crippen MR) is 185 cm³/mol. The fourth-order valence-electron chi connectivity index (χ4n) is 6.98. The fraction of sp³-hybridized carbons (Fsp3) is 0.514. The second-order valence-electron chi connectivity index (χ2n) is 15.8. The van der Waals surface area contributed by atoms with E-state index >= 15 is 0 Å². The third-order valence-electron chi connectivity index (χ3n) is 10.6. The van der Waals surface area contributed by atoms with Gasteiger partial charge in [-0.15, -0.1) is 0 Å². The van der Waals surface area contributed by atoms with Crippen molar-refractivity contribution in [1.29, 1.82) is 0 Å². The molecule has 2 aromatic carbocycles. The molecule has 2 aromatic heterocycles. The highest BCUT2D eigenvalue weighted by molar-refractivity contribution is 6.62. The molecule has 0 radical (unpaired) electrons. The molecular weight excluding hydrogens is 591 g/mol. The van der Waals surface area contributed by atoms with Gasteiger partial charge in [0.1, 0.15) is 17.2 Å². The average Bonchev–Trinajstić information content (AvgIpc) is 3.67. The molecule has 1 amide bonds. The van der Waals surface area contributed by atoms with Crippen LogP contribution in [-0.2, 0) is 14.0 Å². The van der Waals surface area contributed by atoms with Gasteiger partial charge in [0.15, 0.2) is 6.23 Å². The maximum Gasteiger partial charge on any atom is 0.494 e. The standard InChI is InChI=1S/C37H47BN4O5/c1-21-15-31(41(20-22(21)2)34(43)45-35(4,5)6)33-39-19-28(40-33)24-11-13-27-30-17-25-16-26(38-46-36(7,8)37(9,10)47-38)12-14-29(25)42(30)23(3)44-32(27)18-24/h11-14,16-19,21-23,31H,15,20H2,1-10H3,(H,39,40)/t21?,22-,23?,31-/m0/s1. The Bertz CT molecular complexity index is 1840.